The second kappa shape index (κ2) is 2.12. The highest BCUT2D eigenvalue weighted by Gasteiger charge is 2.40. The molecule has 1 aliphatic rings. The first-order valence-corrected chi connectivity index (χ1v) is 3.16. The third-order valence-electron chi connectivity index (χ3n) is 1.80. The Balaban J connectivity index is 2.36. The molecule has 0 bridgehead atoms. The van der Waals surface area contributed by atoms with E-state index in [-0.39, 0.29) is 12.0 Å². The van der Waals surface area contributed by atoms with E-state index in [2.05, 4.69) is 0 Å². The summed E-state index contributed by atoms with van der Waals surface area (Å²) in [7, 11) is 0. The Morgan fingerprint density at radius 1 is 1.70 bits per heavy atom. The van der Waals surface area contributed by atoms with Crippen molar-refractivity contribution >= 4 is 6.09 Å². The lowest BCUT2D eigenvalue weighted by molar-refractivity contribution is -0.0150. The lowest BCUT2D eigenvalue weighted by Gasteiger charge is -2.45. The molecule has 10 heavy (non-hydrogen) atoms. The number of hydrogen-bond acceptors (Lipinski definition) is 2. The Labute approximate surface area is 59.1 Å². The number of likely N-dealkylation sites (tertiary alicyclic amines) is 1. The van der Waals surface area contributed by atoms with Crippen LogP contribution in [-0.2, 0) is 0 Å². The lowest BCUT2D eigenvalue weighted by atomic mass is 9.83. The minimum absolute atomic E-state index is 0.0663. The molecule has 0 saturated carbocycles. The molecular formula is C6H11NO3. The SMILES string of the molecule is CC1(CO)CN(C(=O)O)C1. The van der Waals surface area contributed by atoms with Crippen LogP contribution in [0.1, 0.15) is 6.92 Å². The largest absolute Gasteiger partial charge is 0.465 e. The van der Waals surface area contributed by atoms with Gasteiger partial charge in [0.05, 0.1) is 6.61 Å². The summed E-state index contributed by atoms with van der Waals surface area (Å²) in [6.45, 7) is 2.85. The van der Waals surface area contributed by atoms with Gasteiger partial charge in [-0.05, 0) is 0 Å². The van der Waals surface area contributed by atoms with Crippen molar-refractivity contribution in [2.24, 2.45) is 5.41 Å². The molecule has 0 aromatic carbocycles. The van der Waals surface area contributed by atoms with Crippen LogP contribution in [0.15, 0.2) is 0 Å². The van der Waals surface area contributed by atoms with Crippen LogP contribution in [0.4, 0.5) is 4.79 Å². The Hall–Kier alpha value is -0.770. The van der Waals surface area contributed by atoms with Gasteiger partial charge in [0, 0.05) is 18.5 Å². The number of nitrogens with zero attached hydrogens (tertiary/aromatic N) is 1. The van der Waals surface area contributed by atoms with Crippen molar-refractivity contribution in [1.29, 1.82) is 0 Å². The van der Waals surface area contributed by atoms with Gasteiger partial charge in [-0.15, -0.1) is 0 Å². The molecule has 0 radical (unpaired) electrons. The standard InChI is InChI=1S/C6H11NO3/c1-6(4-8)2-7(3-6)5(9)10/h8H,2-4H2,1H3,(H,9,10). The van der Waals surface area contributed by atoms with Crippen LogP contribution in [0.5, 0.6) is 0 Å². The maximum absolute atomic E-state index is 10.2. The highest BCUT2D eigenvalue weighted by atomic mass is 16.4. The first kappa shape index (κ1) is 7.34. The van der Waals surface area contributed by atoms with E-state index in [1.165, 1.54) is 4.90 Å². The van der Waals surface area contributed by atoms with E-state index in [1.54, 1.807) is 0 Å². The average molecular weight is 145 g/mol. The topological polar surface area (TPSA) is 60.8 Å². The maximum atomic E-state index is 10.2. The van der Waals surface area contributed by atoms with Crippen LogP contribution in [-0.4, -0.2) is 40.9 Å². The molecule has 0 aromatic rings. The number of rotatable bonds is 1. The molecule has 1 fully saturated rings. The van der Waals surface area contributed by atoms with Crippen molar-refractivity contribution in [3.05, 3.63) is 0 Å². The normalized spacial score (nSPS) is 22.0. The van der Waals surface area contributed by atoms with Crippen LogP contribution in [0.3, 0.4) is 0 Å². The fourth-order valence-electron chi connectivity index (χ4n) is 1.11. The first-order chi connectivity index (χ1) is 4.57. The van der Waals surface area contributed by atoms with Crippen molar-refractivity contribution in [3.8, 4) is 0 Å². The van der Waals surface area contributed by atoms with Gasteiger partial charge in [-0.1, -0.05) is 6.92 Å². The van der Waals surface area contributed by atoms with E-state index < -0.39 is 6.09 Å². The number of carboxylic acid groups (broad SMARTS) is 1. The minimum Gasteiger partial charge on any atom is -0.465 e. The van der Waals surface area contributed by atoms with Gasteiger partial charge in [-0.2, -0.15) is 0 Å². The van der Waals surface area contributed by atoms with Crippen molar-refractivity contribution in [2.75, 3.05) is 19.7 Å². The summed E-state index contributed by atoms with van der Waals surface area (Å²) in [5, 5.41) is 17.1. The molecule has 0 atom stereocenters. The zero-order chi connectivity index (χ0) is 7.78. The first-order valence-electron chi connectivity index (χ1n) is 3.16. The fraction of sp³-hybridized carbons (Fsp3) is 0.833. The van der Waals surface area contributed by atoms with Crippen LogP contribution >= 0.6 is 0 Å². The van der Waals surface area contributed by atoms with E-state index in [1.807, 2.05) is 6.92 Å². The molecule has 1 saturated heterocycles. The summed E-state index contributed by atoms with van der Waals surface area (Å²) >= 11 is 0. The third-order valence-corrected chi connectivity index (χ3v) is 1.80. The molecular weight excluding hydrogens is 134 g/mol. The second-order valence-electron chi connectivity index (χ2n) is 3.11. The summed E-state index contributed by atoms with van der Waals surface area (Å²) in [6, 6.07) is 0. The van der Waals surface area contributed by atoms with E-state index in [0.29, 0.717) is 13.1 Å². The smallest absolute Gasteiger partial charge is 0.407 e. The lowest BCUT2D eigenvalue weighted by Crippen LogP contribution is -2.58. The molecule has 0 aliphatic carbocycles. The molecule has 1 amide bonds. The number of aliphatic hydroxyl groups is 1. The van der Waals surface area contributed by atoms with Crippen LogP contribution < -0.4 is 0 Å². The third kappa shape index (κ3) is 1.07. The molecule has 1 rings (SSSR count). The van der Waals surface area contributed by atoms with Crippen molar-refractivity contribution < 1.29 is 15.0 Å². The van der Waals surface area contributed by atoms with Crippen molar-refractivity contribution in [2.45, 2.75) is 6.92 Å². The van der Waals surface area contributed by atoms with Gasteiger partial charge in [0.2, 0.25) is 0 Å². The van der Waals surface area contributed by atoms with E-state index >= 15 is 0 Å². The zero-order valence-corrected chi connectivity index (χ0v) is 5.87. The van der Waals surface area contributed by atoms with Gasteiger partial charge in [-0.25, -0.2) is 4.79 Å². The Morgan fingerprint density at radius 3 is 2.50 bits per heavy atom. The van der Waals surface area contributed by atoms with Crippen LogP contribution in [0, 0.1) is 5.41 Å². The predicted octanol–water partition coefficient (Wildman–Crippen LogP) is -0.0214. The Bertz CT molecular complexity index is 151. The fourth-order valence-corrected chi connectivity index (χ4v) is 1.11. The summed E-state index contributed by atoms with van der Waals surface area (Å²) < 4.78 is 0. The highest BCUT2D eigenvalue weighted by molar-refractivity contribution is 5.66. The molecule has 4 nitrogen and oxygen atoms in total. The van der Waals surface area contributed by atoms with Crippen LogP contribution in [0.25, 0.3) is 0 Å². The quantitative estimate of drug-likeness (QED) is 0.545. The molecule has 1 heterocycles. The Kier molecular flexibility index (Phi) is 1.56. The zero-order valence-electron chi connectivity index (χ0n) is 5.87. The average Bonchev–Trinajstić information content (AvgIpc) is 1.80. The second-order valence-corrected chi connectivity index (χ2v) is 3.11. The monoisotopic (exact) mass is 145 g/mol. The molecule has 0 unspecified atom stereocenters. The predicted molar refractivity (Wildman–Crippen MR) is 34.8 cm³/mol. The van der Waals surface area contributed by atoms with Gasteiger partial charge in [-0.3, -0.25) is 0 Å². The van der Waals surface area contributed by atoms with Gasteiger partial charge in [0.1, 0.15) is 0 Å². The molecule has 4 heteroatoms. The minimum atomic E-state index is -0.897. The van der Waals surface area contributed by atoms with Gasteiger partial charge < -0.3 is 15.1 Å². The number of aliphatic hydroxyl groups excluding tert-OH is 1. The molecule has 58 valence electrons. The van der Waals surface area contributed by atoms with Gasteiger partial charge >= 0.3 is 6.09 Å². The van der Waals surface area contributed by atoms with Crippen LogP contribution in [0.2, 0.25) is 0 Å². The molecule has 0 aromatic heterocycles. The van der Waals surface area contributed by atoms with Crippen molar-refractivity contribution in [1.82, 2.24) is 4.90 Å². The Morgan fingerprint density at radius 2 is 2.20 bits per heavy atom. The molecule has 2 N–H and O–H groups in total. The van der Waals surface area contributed by atoms with Crippen molar-refractivity contribution in [3.63, 3.8) is 0 Å². The highest BCUT2D eigenvalue weighted by Crippen LogP contribution is 2.28. The number of carbonyl (C=O) groups is 1. The number of hydrogen-bond donors (Lipinski definition) is 2. The maximum Gasteiger partial charge on any atom is 0.407 e. The number of amides is 1. The summed E-state index contributed by atoms with van der Waals surface area (Å²) in [5.41, 5.74) is -0.182. The van der Waals surface area contributed by atoms with Gasteiger partial charge in [0.25, 0.3) is 0 Å². The van der Waals surface area contributed by atoms with E-state index in [0.717, 1.165) is 0 Å². The van der Waals surface area contributed by atoms with E-state index in [9.17, 15) is 4.79 Å². The van der Waals surface area contributed by atoms with Gasteiger partial charge in [0.15, 0.2) is 0 Å². The molecule has 0 spiro atoms. The summed E-state index contributed by atoms with van der Waals surface area (Å²) in [6.07, 6.45) is -0.897. The summed E-state index contributed by atoms with van der Waals surface area (Å²) in [4.78, 5) is 11.5. The molecule has 1 aliphatic heterocycles. The summed E-state index contributed by atoms with van der Waals surface area (Å²) in [5.74, 6) is 0. The van der Waals surface area contributed by atoms with E-state index in [4.69, 9.17) is 10.2 Å².